The number of aromatic nitrogens is 1. The number of piperazine rings is 1. The number of carbonyl (C=O) groups excluding carboxylic acids is 2. The lowest BCUT2D eigenvalue weighted by Gasteiger charge is -2.33. The largest absolute Gasteiger partial charge is 0.443 e. The van der Waals surface area contributed by atoms with E-state index in [0.29, 0.717) is 22.0 Å². The lowest BCUT2D eigenvalue weighted by molar-refractivity contribution is 0.0577. The van der Waals surface area contributed by atoms with Crippen LogP contribution in [0.3, 0.4) is 0 Å². The molecule has 3 aromatic rings. The second kappa shape index (κ2) is 9.61. The Hall–Kier alpha value is -2.60. The molecule has 5 rings (SSSR count). The highest BCUT2D eigenvalue weighted by Crippen LogP contribution is 2.36. The summed E-state index contributed by atoms with van der Waals surface area (Å²) in [5.41, 5.74) is 0.816. The smallest absolute Gasteiger partial charge is 0.414 e. The Kier molecular flexibility index (Phi) is 6.76. The van der Waals surface area contributed by atoms with Crippen LogP contribution in [0.15, 0.2) is 35.4 Å². The van der Waals surface area contributed by atoms with E-state index >= 15 is 0 Å². The minimum absolute atomic E-state index is 0.109. The van der Waals surface area contributed by atoms with Crippen molar-refractivity contribution in [2.75, 3.05) is 37.6 Å². The van der Waals surface area contributed by atoms with Gasteiger partial charge in [0.05, 0.1) is 10.6 Å². The van der Waals surface area contributed by atoms with Gasteiger partial charge in [-0.05, 0) is 63.9 Å². The summed E-state index contributed by atoms with van der Waals surface area (Å²) in [4.78, 5) is 33.8. The maximum Gasteiger partial charge on any atom is 0.414 e. The van der Waals surface area contributed by atoms with Crippen LogP contribution in [0.25, 0.3) is 10.9 Å². The zero-order chi connectivity index (χ0) is 26.5. The highest BCUT2D eigenvalue weighted by Gasteiger charge is 2.34. The van der Waals surface area contributed by atoms with Crippen molar-refractivity contribution in [1.82, 2.24) is 14.2 Å². The molecule has 0 saturated carbocycles. The van der Waals surface area contributed by atoms with Crippen molar-refractivity contribution in [2.24, 2.45) is 0 Å². The number of hydrogen-bond donors (Lipinski definition) is 1. The van der Waals surface area contributed by atoms with Crippen molar-refractivity contribution < 1.29 is 22.7 Å². The van der Waals surface area contributed by atoms with E-state index in [2.05, 4.69) is 4.98 Å². The number of thiophene rings is 1. The zero-order valence-corrected chi connectivity index (χ0v) is 23.3. The van der Waals surface area contributed by atoms with E-state index in [1.165, 1.54) is 15.6 Å². The number of benzene rings is 1. The maximum absolute atomic E-state index is 13.3. The van der Waals surface area contributed by atoms with Crippen molar-refractivity contribution in [1.29, 1.82) is 0 Å². The minimum atomic E-state index is -3.74. The van der Waals surface area contributed by atoms with Crippen LogP contribution < -0.4 is 4.90 Å². The highest BCUT2D eigenvalue weighted by molar-refractivity contribution is 7.89. The van der Waals surface area contributed by atoms with E-state index in [0.717, 1.165) is 28.8 Å². The summed E-state index contributed by atoms with van der Waals surface area (Å²) in [5.74, 6) is -0.152. The number of carbonyl (C=O) groups is 2. The number of amides is 2. The molecule has 1 saturated heterocycles. The number of nitrogens with one attached hydrogen (secondary N) is 1. The molecule has 0 atom stereocenters. The number of fused-ring (bicyclic) bond motifs is 2. The number of H-pyrrole nitrogens is 1. The number of nitrogens with zero attached hydrogens (tertiary/aromatic N) is 3. The molecule has 0 spiro atoms. The SMILES string of the molecule is CC(C)(C)OC(=O)N1CCCc2sc(C(=O)N3CCN(S(=O)(=O)c4cc5cc(Cl)ccc5[nH]4)CC3)cc21. The number of halogens is 1. The minimum Gasteiger partial charge on any atom is -0.443 e. The first-order valence-corrected chi connectivity index (χ1v) is 14.8. The van der Waals surface area contributed by atoms with E-state index < -0.39 is 21.7 Å². The van der Waals surface area contributed by atoms with Gasteiger partial charge in [0.15, 0.2) is 0 Å². The van der Waals surface area contributed by atoms with Gasteiger partial charge in [-0.25, -0.2) is 13.2 Å². The lowest BCUT2D eigenvalue weighted by atomic mass is 10.1. The molecule has 0 bridgehead atoms. The van der Waals surface area contributed by atoms with E-state index in [-0.39, 0.29) is 37.1 Å². The van der Waals surface area contributed by atoms with Crippen LogP contribution in [0.2, 0.25) is 5.02 Å². The molecule has 12 heteroatoms. The van der Waals surface area contributed by atoms with E-state index in [4.69, 9.17) is 16.3 Å². The summed E-state index contributed by atoms with van der Waals surface area (Å²) in [6.45, 7) is 6.97. The summed E-state index contributed by atoms with van der Waals surface area (Å²) in [5, 5.41) is 1.37. The fourth-order valence-electron chi connectivity index (χ4n) is 4.60. The Bertz CT molecular complexity index is 1470. The van der Waals surface area contributed by atoms with Gasteiger partial charge in [-0.15, -0.1) is 11.3 Å². The predicted octanol–water partition coefficient (Wildman–Crippen LogP) is 4.72. The van der Waals surface area contributed by atoms with Crippen LogP contribution >= 0.6 is 22.9 Å². The number of aryl methyl sites for hydroxylation is 1. The summed E-state index contributed by atoms with van der Waals surface area (Å²) in [6, 6.07) is 8.52. The Balaban J connectivity index is 1.27. The number of ether oxygens (including phenoxy) is 1. The number of sulfonamides is 1. The molecule has 2 aromatic heterocycles. The molecule has 1 N–H and O–H groups in total. The van der Waals surface area contributed by atoms with Gasteiger partial charge in [0.25, 0.3) is 15.9 Å². The molecule has 2 amide bonds. The second-order valence-corrected chi connectivity index (χ2v) is 13.7. The van der Waals surface area contributed by atoms with E-state index in [9.17, 15) is 18.0 Å². The Morgan fingerprint density at radius 3 is 2.49 bits per heavy atom. The van der Waals surface area contributed by atoms with Gasteiger partial charge in [-0.2, -0.15) is 4.31 Å². The van der Waals surface area contributed by atoms with Crippen molar-refractivity contribution in [3.05, 3.63) is 45.1 Å². The van der Waals surface area contributed by atoms with Crippen LogP contribution in [0.1, 0.15) is 41.7 Å². The summed E-state index contributed by atoms with van der Waals surface area (Å²) < 4.78 is 33.4. The third-order valence-corrected chi connectivity index (χ3v) is 9.62. The van der Waals surface area contributed by atoms with Crippen LogP contribution in [0.5, 0.6) is 0 Å². The van der Waals surface area contributed by atoms with Crippen LogP contribution in [-0.2, 0) is 21.2 Å². The van der Waals surface area contributed by atoms with E-state index in [1.807, 2.05) is 20.8 Å². The fourth-order valence-corrected chi connectivity index (χ4v) is 7.39. The van der Waals surface area contributed by atoms with Crippen molar-refractivity contribution in [3.63, 3.8) is 0 Å². The molecule has 0 radical (unpaired) electrons. The van der Waals surface area contributed by atoms with Gasteiger partial charge in [0, 0.05) is 53.5 Å². The summed E-state index contributed by atoms with van der Waals surface area (Å²) >= 11 is 7.43. The molecule has 2 aliphatic heterocycles. The topological polar surface area (TPSA) is 103 Å². The fraction of sp³-hybridized carbons (Fsp3) is 0.440. The van der Waals surface area contributed by atoms with Crippen LogP contribution in [0.4, 0.5) is 10.5 Å². The van der Waals surface area contributed by atoms with Crippen LogP contribution in [0, 0.1) is 0 Å². The van der Waals surface area contributed by atoms with Crippen molar-refractivity contribution >= 4 is 61.6 Å². The summed E-state index contributed by atoms with van der Waals surface area (Å²) in [7, 11) is -3.74. The van der Waals surface area contributed by atoms with Crippen molar-refractivity contribution in [2.45, 2.75) is 44.2 Å². The van der Waals surface area contributed by atoms with Gasteiger partial charge in [-0.1, -0.05) is 11.6 Å². The van der Waals surface area contributed by atoms with E-state index in [1.54, 1.807) is 40.1 Å². The number of anilines is 1. The first-order valence-electron chi connectivity index (χ1n) is 12.1. The Morgan fingerprint density at radius 1 is 1.05 bits per heavy atom. The number of aromatic amines is 1. The first-order chi connectivity index (χ1) is 17.4. The van der Waals surface area contributed by atoms with Gasteiger partial charge >= 0.3 is 6.09 Å². The standard InChI is InChI=1S/C25H29ClN4O5S2/c1-25(2,3)35-24(32)30-8-4-5-20-19(30)15-21(36-20)23(31)28-9-11-29(12-10-28)37(33,34)22-14-16-13-17(26)6-7-18(16)27-22/h6-7,13-15,27H,4-5,8-12H2,1-3H3. The number of hydrogen-bond acceptors (Lipinski definition) is 6. The third kappa shape index (κ3) is 5.22. The third-order valence-electron chi connectivity index (χ3n) is 6.39. The average molecular weight is 565 g/mol. The molecule has 0 unspecified atom stereocenters. The van der Waals surface area contributed by atoms with Crippen molar-refractivity contribution in [3.8, 4) is 0 Å². The van der Waals surface area contributed by atoms with Gasteiger partial charge in [-0.3, -0.25) is 9.69 Å². The average Bonchev–Trinajstić information content (AvgIpc) is 3.47. The maximum atomic E-state index is 13.3. The first kappa shape index (κ1) is 26.0. The summed E-state index contributed by atoms with van der Waals surface area (Å²) in [6.07, 6.45) is 1.19. The highest BCUT2D eigenvalue weighted by atomic mass is 35.5. The molecule has 4 heterocycles. The monoisotopic (exact) mass is 564 g/mol. The van der Waals surface area contributed by atoms with Crippen LogP contribution in [-0.4, -0.2) is 72.9 Å². The van der Waals surface area contributed by atoms with Gasteiger partial charge < -0.3 is 14.6 Å². The molecular weight excluding hydrogens is 536 g/mol. The second-order valence-electron chi connectivity index (χ2n) is 10.2. The Morgan fingerprint density at radius 2 is 1.78 bits per heavy atom. The zero-order valence-electron chi connectivity index (χ0n) is 20.9. The molecule has 2 aliphatic rings. The normalized spacial score (nSPS) is 17.2. The molecule has 198 valence electrons. The molecular formula is C25H29ClN4O5S2. The lowest BCUT2D eigenvalue weighted by Crippen LogP contribution is -2.50. The molecule has 9 nitrogen and oxygen atoms in total. The van der Waals surface area contributed by atoms with Gasteiger partial charge in [0.2, 0.25) is 0 Å². The molecule has 0 aliphatic carbocycles. The Labute approximate surface area is 225 Å². The number of rotatable bonds is 3. The van der Waals surface area contributed by atoms with Gasteiger partial charge in [0.1, 0.15) is 10.6 Å². The molecule has 37 heavy (non-hydrogen) atoms. The molecule has 1 aromatic carbocycles. The molecule has 1 fully saturated rings. The predicted molar refractivity (Wildman–Crippen MR) is 144 cm³/mol. The quantitative estimate of drug-likeness (QED) is 0.496.